The second-order valence-corrected chi connectivity index (χ2v) is 8.07. The van der Waals surface area contributed by atoms with Crippen LogP contribution in [0, 0.1) is 6.92 Å². The van der Waals surface area contributed by atoms with E-state index in [2.05, 4.69) is 0 Å². The maximum atomic E-state index is 12.5. The Morgan fingerprint density at radius 1 is 1.58 bits per heavy atom. The van der Waals surface area contributed by atoms with Gasteiger partial charge in [0.2, 0.25) is 10.0 Å². The first kappa shape index (κ1) is 14.9. The Bertz CT molecular complexity index is 532. The maximum absolute atomic E-state index is 12.5. The van der Waals surface area contributed by atoms with Gasteiger partial charge in [0, 0.05) is 30.0 Å². The molecule has 1 unspecified atom stereocenters. The van der Waals surface area contributed by atoms with Crippen molar-refractivity contribution in [3.8, 4) is 0 Å². The SMILES string of the molecule is Cc1sc(CO)cc1S(=O)(=O)N(C)CC1CCCO1. The van der Waals surface area contributed by atoms with E-state index in [1.165, 1.54) is 15.6 Å². The fourth-order valence-corrected chi connectivity index (χ4v) is 4.86. The molecule has 0 aliphatic carbocycles. The Morgan fingerprint density at radius 3 is 2.84 bits per heavy atom. The molecule has 1 fully saturated rings. The molecule has 0 bridgehead atoms. The lowest BCUT2D eigenvalue weighted by Gasteiger charge is -2.20. The van der Waals surface area contributed by atoms with Crippen molar-refractivity contribution in [1.82, 2.24) is 4.31 Å². The minimum absolute atomic E-state index is 0.00368. The Morgan fingerprint density at radius 2 is 2.32 bits per heavy atom. The van der Waals surface area contributed by atoms with Gasteiger partial charge in [0.15, 0.2) is 0 Å². The summed E-state index contributed by atoms with van der Waals surface area (Å²) in [7, 11) is -1.92. The third kappa shape index (κ3) is 3.17. The Hall–Kier alpha value is -0.470. The molecule has 108 valence electrons. The number of aliphatic hydroxyl groups excluding tert-OH is 1. The topological polar surface area (TPSA) is 66.8 Å². The van der Waals surface area contributed by atoms with E-state index in [-0.39, 0.29) is 12.7 Å². The molecule has 19 heavy (non-hydrogen) atoms. The summed E-state index contributed by atoms with van der Waals surface area (Å²) >= 11 is 1.31. The summed E-state index contributed by atoms with van der Waals surface area (Å²) in [4.78, 5) is 1.67. The highest BCUT2D eigenvalue weighted by molar-refractivity contribution is 7.89. The van der Waals surface area contributed by atoms with Crippen LogP contribution in [0.3, 0.4) is 0 Å². The summed E-state index contributed by atoms with van der Waals surface area (Å²) in [5.74, 6) is 0. The number of nitrogens with zero attached hydrogens (tertiary/aromatic N) is 1. The number of ether oxygens (including phenoxy) is 1. The Balaban J connectivity index is 2.17. The van der Waals surface area contributed by atoms with Crippen LogP contribution in [0.1, 0.15) is 22.6 Å². The molecule has 0 saturated carbocycles. The van der Waals surface area contributed by atoms with Gasteiger partial charge in [0.1, 0.15) is 0 Å². The molecular weight excluding hydrogens is 286 g/mol. The number of rotatable bonds is 5. The summed E-state index contributed by atoms with van der Waals surface area (Å²) in [6.07, 6.45) is 1.89. The lowest BCUT2D eigenvalue weighted by Crippen LogP contribution is -2.34. The van der Waals surface area contributed by atoms with Gasteiger partial charge in [-0.2, -0.15) is 4.31 Å². The summed E-state index contributed by atoms with van der Waals surface area (Å²) in [6.45, 7) is 2.73. The molecule has 0 spiro atoms. The van der Waals surface area contributed by atoms with Gasteiger partial charge in [-0.05, 0) is 25.8 Å². The number of thiophene rings is 1. The third-order valence-electron chi connectivity index (χ3n) is 3.25. The summed E-state index contributed by atoms with van der Waals surface area (Å²) in [5.41, 5.74) is 0. The van der Waals surface area contributed by atoms with Gasteiger partial charge in [-0.25, -0.2) is 8.42 Å². The first-order valence-electron chi connectivity index (χ1n) is 6.23. The van der Waals surface area contributed by atoms with Gasteiger partial charge >= 0.3 is 0 Å². The highest BCUT2D eigenvalue weighted by atomic mass is 32.2. The second kappa shape index (κ2) is 5.88. The molecule has 1 aromatic heterocycles. The standard InChI is InChI=1S/C12H19NO4S2/c1-9-12(6-11(8-14)18-9)19(15,16)13(2)7-10-4-3-5-17-10/h6,10,14H,3-5,7-8H2,1-2H3. The normalized spacial score (nSPS) is 20.3. The number of aliphatic hydroxyl groups is 1. The molecule has 5 nitrogen and oxygen atoms in total. The van der Waals surface area contributed by atoms with Crippen molar-refractivity contribution in [2.75, 3.05) is 20.2 Å². The van der Waals surface area contributed by atoms with Crippen molar-refractivity contribution in [3.05, 3.63) is 15.8 Å². The lowest BCUT2D eigenvalue weighted by molar-refractivity contribution is 0.0979. The van der Waals surface area contributed by atoms with Crippen LogP contribution >= 0.6 is 11.3 Å². The summed E-state index contributed by atoms with van der Waals surface area (Å²) < 4.78 is 31.7. The van der Waals surface area contributed by atoms with E-state index < -0.39 is 10.0 Å². The quantitative estimate of drug-likeness (QED) is 0.891. The van der Waals surface area contributed by atoms with Crippen LogP contribution in [0.5, 0.6) is 0 Å². The van der Waals surface area contributed by atoms with Crippen molar-refractivity contribution in [2.45, 2.75) is 37.4 Å². The first-order chi connectivity index (χ1) is 8.95. The van der Waals surface area contributed by atoms with E-state index >= 15 is 0 Å². The average molecular weight is 305 g/mol. The molecule has 1 aromatic rings. The highest BCUT2D eigenvalue weighted by Gasteiger charge is 2.28. The van der Waals surface area contributed by atoms with Crippen LogP contribution in [0.4, 0.5) is 0 Å². The molecule has 2 rings (SSSR count). The molecule has 1 aliphatic heterocycles. The van der Waals surface area contributed by atoms with Crippen LogP contribution in [0.15, 0.2) is 11.0 Å². The molecule has 1 aliphatic rings. The molecular formula is C12H19NO4S2. The van der Waals surface area contributed by atoms with Crippen molar-refractivity contribution in [2.24, 2.45) is 0 Å². The number of likely N-dealkylation sites (N-methyl/N-ethyl adjacent to an activating group) is 1. The Labute approximate surface area is 117 Å². The second-order valence-electron chi connectivity index (χ2n) is 4.71. The largest absolute Gasteiger partial charge is 0.391 e. The molecule has 7 heteroatoms. The van der Waals surface area contributed by atoms with E-state index in [1.54, 1.807) is 20.0 Å². The van der Waals surface area contributed by atoms with Crippen LogP contribution < -0.4 is 0 Å². The van der Waals surface area contributed by atoms with Gasteiger partial charge in [0.25, 0.3) is 0 Å². The molecule has 0 aromatic carbocycles. The lowest BCUT2D eigenvalue weighted by atomic mass is 10.2. The van der Waals surface area contributed by atoms with Gasteiger partial charge in [-0.1, -0.05) is 0 Å². The fraction of sp³-hybridized carbons (Fsp3) is 0.667. The zero-order valence-electron chi connectivity index (χ0n) is 11.1. The van der Waals surface area contributed by atoms with E-state index in [4.69, 9.17) is 9.84 Å². The van der Waals surface area contributed by atoms with Gasteiger partial charge in [-0.15, -0.1) is 11.3 Å². The van der Waals surface area contributed by atoms with E-state index in [0.717, 1.165) is 12.8 Å². The predicted octanol–water partition coefficient (Wildman–Crippen LogP) is 1.35. The van der Waals surface area contributed by atoms with Crippen LogP contribution in [0.25, 0.3) is 0 Å². The van der Waals surface area contributed by atoms with Gasteiger partial charge < -0.3 is 9.84 Å². The van der Waals surface area contributed by atoms with Crippen LogP contribution in [-0.4, -0.2) is 44.1 Å². The number of sulfonamides is 1. The predicted molar refractivity (Wildman–Crippen MR) is 73.8 cm³/mol. The smallest absolute Gasteiger partial charge is 0.244 e. The third-order valence-corrected chi connectivity index (χ3v) is 6.37. The monoisotopic (exact) mass is 305 g/mol. The summed E-state index contributed by atoms with van der Waals surface area (Å²) in [6, 6.07) is 1.56. The highest BCUT2D eigenvalue weighted by Crippen LogP contribution is 2.28. The average Bonchev–Trinajstić information content (AvgIpc) is 2.98. The molecule has 1 atom stereocenters. The molecule has 1 N–H and O–H groups in total. The van der Waals surface area contributed by atoms with Gasteiger partial charge in [0.05, 0.1) is 17.6 Å². The fourth-order valence-electron chi connectivity index (χ4n) is 2.20. The van der Waals surface area contributed by atoms with Crippen molar-refractivity contribution >= 4 is 21.4 Å². The van der Waals surface area contributed by atoms with Crippen molar-refractivity contribution < 1.29 is 18.3 Å². The molecule has 2 heterocycles. The first-order valence-corrected chi connectivity index (χ1v) is 8.49. The molecule has 1 saturated heterocycles. The Kier molecular flexibility index (Phi) is 4.62. The number of aryl methyl sites for hydroxylation is 1. The minimum atomic E-state index is -3.49. The maximum Gasteiger partial charge on any atom is 0.244 e. The molecule has 0 amide bonds. The van der Waals surface area contributed by atoms with E-state index in [9.17, 15) is 8.42 Å². The van der Waals surface area contributed by atoms with Crippen LogP contribution in [0.2, 0.25) is 0 Å². The zero-order chi connectivity index (χ0) is 14.0. The number of hydrogen-bond donors (Lipinski definition) is 1. The molecule has 0 radical (unpaired) electrons. The van der Waals surface area contributed by atoms with E-state index in [0.29, 0.717) is 27.8 Å². The van der Waals surface area contributed by atoms with Crippen molar-refractivity contribution in [3.63, 3.8) is 0 Å². The van der Waals surface area contributed by atoms with Gasteiger partial charge in [-0.3, -0.25) is 0 Å². The van der Waals surface area contributed by atoms with E-state index in [1.807, 2.05) is 0 Å². The van der Waals surface area contributed by atoms with Crippen molar-refractivity contribution in [1.29, 1.82) is 0 Å². The zero-order valence-corrected chi connectivity index (χ0v) is 12.8. The van der Waals surface area contributed by atoms with Crippen LogP contribution in [-0.2, 0) is 21.4 Å². The minimum Gasteiger partial charge on any atom is -0.391 e. The summed E-state index contributed by atoms with van der Waals surface area (Å²) in [5, 5.41) is 9.09. The number of hydrogen-bond acceptors (Lipinski definition) is 5.